The predicted molar refractivity (Wildman–Crippen MR) is 59.8 cm³/mol. The van der Waals surface area contributed by atoms with Gasteiger partial charge in [0.15, 0.2) is 0 Å². The van der Waals surface area contributed by atoms with Gasteiger partial charge in [-0.05, 0) is 6.92 Å². The highest BCUT2D eigenvalue weighted by molar-refractivity contribution is 9.09. The number of aromatic nitrogens is 2. The van der Waals surface area contributed by atoms with Crippen LogP contribution in [0.1, 0.15) is 25.1 Å². The van der Waals surface area contributed by atoms with Gasteiger partial charge in [0, 0.05) is 23.4 Å². The molecule has 0 N–H and O–H groups in total. The van der Waals surface area contributed by atoms with Crippen LogP contribution < -0.4 is 0 Å². The quantitative estimate of drug-likeness (QED) is 0.752. The van der Waals surface area contributed by atoms with Crippen LogP contribution in [-0.4, -0.2) is 15.1 Å². The van der Waals surface area contributed by atoms with E-state index in [2.05, 4.69) is 34.9 Å². The Balaban J connectivity index is 3.28. The lowest BCUT2D eigenvalue weighted by molar-refractivity contribution is 0.602. The van der Waals surface area contributed by atoms with Gasteiger partial charge in [0.2, 0.25) is 0 Å². The molecular weight excluding hydrogens is 251 g/mol. The fraction of sp³-hybridized carbons (Fsp3) is 0.667. The molecule has 0 unspecified atom stereocenters. The minimum Gasteiger partial charge on any atom is -0.257 e. The molecule has 0 saturated carbocycles. The third kappa shape index (κ3) is 1.91. The van der Waals surface area contributed by atoms with E-state index in [1.807, 2.05) is 14.0 Å². The molecule has 0 aliphatic rings. The molecular formula is C9H14BrClN2. The van der Waals surface area contributed by atoms with Crippen molar-refractivity contribution in [2.24, 2.45) is 7.05 Å². The summed E-state index contributed by atoms with van der Waals surface area (Å²) >= 11 is 9.65. The van der Waals surface area contributed by atoms with Crippen LogP contribution in [0.15, 0.2) is 0 Å². The molecule has 0 atom stereocenters. The zero-order valence-electron chi connectivity index (χ0n) is 8.36. The van der Waals surface area contributed by atoms with E-state index < -0.39 is 0 Å². The molecule has 0 aliphatic heterocycles. The van der Waals surface area contributed by atoms with Crippen molar-refractivity contribution in [2.45, 2.75) is 26.2 Å². The SMILES string of the molecule is Cc1nn(C)c(Cl)c1C(C)(C)CBr. The molecule has 0 aliphatic carbocycles. The van der Waals surface area contributed by atoms with Gasteiger partial charge in [-0.1, -0.05) is 41.4 Å². The van der Waals surface area contributed by atoms with Gasteiger partial charge in [0.05, 0.1) is 5.69 Å². The van der Waals surface area contributed by atoms with Crippen LogP contribution >= 0.6 is 27.5 Å². The van der Waals surface area contributed by atoms with Crippen LogP contribution in [0, 0.1) is 6.92 Å². The number of halogens is 2. The molecule has 0 bridgehead atoms. The molecule has 0 aromatic carbocycles. The largest absolute Gasteiger partial charge is 0.257 e. The maximum absolute atomic E-state index is 6.16. The molecule has 0 fully saturated rings. The van der Waals surface area contributed by atoms with Gasteiger partial charge in [0.25, 0.3) is 0 Å². The highest BCUT2D eigenvalue weighted by Crippen LogP contribution is 2.33. The Morgan fingerprint density at radius 3 is 2.38 bits per heavy atom. The molecule has 0 spiro atoms. The average Bonchev–Trinajstić information content (AvgIpc) is 2.27. The lowest BCUT2D eigenvalue weighted by Crippen LogP contribution is -2.19. The van der Waals surface area contributed by atoms with Crippen molar-refractivity contribution in [3.63, 3.8) is 0 Å². The Bertz CT molecular complexity index is 318. The van der Waals surface area contributed by atoms with E-state index in [0.717, 1.165) is 21.7 Å². The smallest absolute Gasteiger partial charge is 0.130 e. The molecule has 2 nitrogen and oxygen atoms in total. The van der Waals surface area contributed by atoms with Gasteiger partial charge in [-0.25, -0.2) is 0 Å². The number of rotatable bonds is 2. The Hall–Kier alpha value is -0.0200. The number of nitrogens with zero attached hydrogens (tertiary/aromatic N) is 2. The van der Waals surface area contributed by atoms with Crippen molar-refractivity contribution < 1.29 is 0 Å². The van der Waals surface area contributed by atoms with E-state index in [1.54, 1.807) is 4.68 Å². The highest BCUT2D eigenvalue weighted by atomic mass is 79.9. The molecule has 1 aromatic rings. The van der Waals surface area contributed by atoms with Crippen molar-refractivity contribution in [3.05, 3.63) is 16.4 Å². The van der Waals surface area contributed by atoms with E-state index >= 15 is 0 Å². The summed E-state index contributed by atoms with van der Waals surface area (Å²) in [6.45, 7) is 6.29. The van der Waals surface area contributed by atoms with E-state index in [0.29, 0.717) is 0 Å². The second-order valence-electron chi connectivity index (χ2n) is 3.89. The summed E-state index contributed by atoms with van der Waals surface area (Å²) < 4.78 is 1.72. The first kappa shape index (κ1) is 11.1. The number of alkyl halides is 1. The highest BCUT2D eigenvalue weighted by Gasteiger charge is 2.27. The normalized spacial score (nSPS) is 12.2. The average molecular weight is 266 g/mol. The van der Waals surface area contributed by atoms with Gasteiger partial charge in [-0.3, -0.25) is 4.68 Å². The number of hydrogen-bond acceptors (Lipinski definition) is 1. The lowest BCUT2D eigenvalue weighted by atomic mass is 9.87. The first-order chi connectivity index (χ1) is 5.90. The topological polar surface area (TPSA) is 17.8 Å². The fourth-order valence-electron chi connectivity index (χ4n) is 1.47. The Morgan fingerprint density at radius 2 is 2.08 bits per heavy atom. The first-order valence-electron chi connectivity index (χ1n) is 4.15. The van der Waals surface area contributed by atoms with Crippen molar-refractivity contribution in [1.82, 2.24) is 9.78 Å². The molecule has 0 amide bonds. The summed E-state index contributed by atoms with van der Waals surface area (Å²) in [4.78, 5) is 0. The number of hydrogen-bond donors (Lipinski definition) is 0. The van der Waals surface area contributed by atoms with Gasteiger partial charge in [-0.2, -0.15) is 5.10 Å². The third-order valence-corrected chi connectivity index (χ3v) is 4.00. The number of aryl methyl sites for hydroxylation is 2. The van der Waals surface area contributed by atoms with Crippen molar-refractivity contribution >= 4 is 27.5 Å². The summed E-state index contributed by atoms with van der Waals surface area (Å²) in [5.41, 5.74) is 2.18. The maximum Gasteiger partial charge on any atom is 0.130 e. The minimum atomic E-state index is 0.0371. The van der Waals surface area contributed by atoms with E-state index in [4.69, 9.17) is 11.6 Å². The van der Waals surface area contributed by atoms with Gasteiger partial charge >= 0.3 is 0 Å². The predicted octanol–water partition coefficient (Wildman–Crippen LogP) is 3.05. The summed E-state index contributed by atoms with van der Waals surface area (Å²) in [5, 5.41) is 5.91. The lowest BCUT2D eigenvalue weighted by Gasteiger charge is -2.21. The van der Waals surface area contributed by atoms with Gasteiger partial charge < -0.3 is 0 Å². The molecule has 0 saturated heterocycles. The zero-order valence-corrected chi connectivity index (χ0v) is 10.7. The first-order valence-corrected chi connectivity index (χ1v) is 5.65. The molecule has 1 aromatic heterocycles. The standard InChI is InChI=1S/C9H14BrClN2/c1-6-7(9(2,3)5-10)8(11)13(4)12-6/h5H2,1-4H3. The molecule has 4 heteroatoms. The second-order valence-corrected chi connectivity index (χ2v) is 4.81. The fourth-order valence-corrected chi connectivity index (χ4v) is 2.18. The second kappa shape index (κ2) is 3.62. The van der Waals surface area contributed by atoms with Crippen LogP contribution in [0.2, 0.25) is 5.15 Å². The summed E-state index contributed by atoms with van der Waals surface area (Å²) in [5.74, 6) is 0. The van der Waals surface area contributed by atoms with E-state index in [9.17, 15) is 0 Å². The molecule has 1 heterocycles. The summed E-state index contributed by atoms with van der Waals surface area (Å²) in [6, 6.07) is 0. The molecule has 74 valence electrons. The third-order valence-electron chi connectivity index (χ3n) is 2.16. The van der Waals surface area contributed by atoms with E-state index in [-0.39, 0.29) is 5.41 Å². The van der Waals surface area contributed by atoms with Crippen LogP contribution in [0.4, 0.5) is 0 Å². The Morgan fingerprint density at radius 1 is 1.54 bits per heavy atom. The molecule has 0 radical (unpaired) electrons. The van der Waals surface area contributed by atoms with Gasteiger partial charge in [-0.15, -0.1) is 0 Å². The minimum absolute atomic E-state index is 0.0371. The zero-order chi connectivity index (χ0) is 10.2. The van der Waals surface area contributed by atoms with Crippen molar-refractivity contribution in [1.29, 1.82) is 0 Å². The van der Waals surface area contributed by atoms with Crippen LogP contribution in [0.5, 0.6) is 0 Å². The van der Waals surface area contributed by atoms with E-state index in [1.165, 1.54) is 0 Å². The van der Waals surface area contributed by atoms with Gasteiger partial charge in [0.1, 0.15) is 5.15 Å². The van der Waals surface area contributed by atoms with Crippen LogP contribution in [-0.2, 0) is 12.5 Å². The molecule has 1 rings (SSSR count). The summed E-state index contributed by atoms with van der Waals surface area (Å²) in [7, 11) is 1.86. The van der Waals surface area contributed by atoms with Crippen LogP contribution in [0.25, 0.3) is 0 Å². The monoisotopic (exact) mass is 264 g/mol. The van der Waals surface area contributed by atoms with Crippen molar-refractivity contribution in [2.75, 3.05) is 5.33 Å². The maximum atomic E-state index is 6.16. The van der Waals surface area contributed by atoms with Crippen LogP contribution in [0.3, 0.4) is 0 Å². The Kier molecular flexibility index (Phi) is 3.08. The summed E-state index contributed by atoms with van der Waals surface area (Å²) in [6.07, 6.45) is 0. The molecule has 13 heavy (non-hydrogen) atoms. The Labute approximate surface area is 92.4 Å². The van der Waals surface area contributed by atoms with Crippen molar-refractivity contribution in [3.8, 4) is 0 Å².